The summed E-state index contributed by atoms with van der Waals surface area (Å²) < 4.78 is 10.8. The Hall–Kier alpha value is -0.340. The largest absolute Gasteiger partial charge is 0.347 e. The van der Waals surface area contributed by atoms with Crippen LogP contribution in [0.1, 0.15) is 51.9 Å². The predicted molar refractivity (Wildman–Crippen MR) is 69.8 cm³/mol. The van der Waals surface area contributed by atoms with Crippen molar-refractivity contribution in [3.05, 3.63) is 12.2 Å². The lowest BCUT2D eigenvalue weighted by Gasteiger charge is -2.26. The van der Waals surface area contributed by atoms with Gasteiger partial charge < -0.3 is 9.47 Å². The zero-order valence-electron chi connectivity index (χ0n) is 11.1. The van der Waals surface area contributed by atoms with E-state index in [1.165, 1.54) is 44.9 Å². The van der Waals surface area contributed by atoms with E-state index in [4.69, 9.17) is 9.47 Å². The van der Waals surface area contributed by atoms with Crippen molar-refractivity contribution in [2.24, 2.45) is 11.8 Å². The van der Waals surface area contributed by atoms with Gasteiger partial charge in [-0.15, -0.1) is 0 Å². The summed E-state index contributed by atoms with van der Waals surface area (Å²) >= 11 is 0. The minimum absolute atomic E-state index is 0.0622. The van der Waals surface area contributed by atoms with Crippen LogP contribution in [0.4, 0.5) is 0 Å². The van der Waals surface area contributed by atoms with Gasteiger partial charge in [-0.1, -0.05) is 32.3 Å². The fourth-order valence-electron chi connectivity index (χ4n) is 2.90. The highest BCUT2D eigenvalue weighted by Gasteiger charge is 2.19. The quantitative estimate of drug-likeness (QED) is 0.676. The Balaban J connectivity index is 1.64. The summed E-state index contributed by atoms with van der Waals surface area (Å²) in [7, 11) is 0. The molecule has 0 bridgehead atoms. The minimum Gasteiger partial charge on any atom is -0.347 e. The maximum Gasteiger partial charge on any atom is 0.177 e. The smallest absolute Gasteiger partial charge is 0.177 e. The second kappa shape index (κ2) is 7.17. The number of hydrogen-bond donors (Lipinski definition) is 0. The summed E-state index contributed by atoms with van der Waals surface area (Å²) in [5.74, 6) is 1.76. The van der Waals surface area contributed by atoms with E-state index >= 15 is 0 Å². The molecule has 0 radical (unpaired) electrons. The molecule has 2 rings (SSSR count). The molecule has 98 valence electrons. The summed E-state index contributed by atoms with van der Waals surface area (Å²) in [6, 6.07) is 0. The Labute approximate surface area is 105 Å². The third-order valence-corrected chi connectivity index (χ3v) is 4.05. The topological polar surface area (TPSA) is 18.5 Å². The van der Waals surface area contributed by atoms with Crippen molar-refractivity contribution in [2.75, 3.05) is 13.2 Å². The molecule has 0 atom stereocenters. The average Bonchev–Trinajstić information content (AvgIpc) is 2.88. The first kappa shape index (κ1) is 13.1. The van der Waals surface area contributed by atoms with Crippen LogP contribution in [-0.4, -0.2) is 19.5 Å². The molecule has 0 N–H and O–H groups in total. The van der Waals surface area contributed by atoms with Gasteiger partial charge >= 0.3 is 0 Å². The van der Waals surface area contributed by atoms with Crippen LogP contribution in [0, 0.1) is 11.8 Å². The molecule has 1 saturated heterocycles. The highest BCUT2D eigenvalue weighted by molar-refractivity contribution is 4.93. The van der Waals surface area contributed by atoms with Crippen molar-refractivity contribution in [1.29, 1.82) is 0 Å². The molecule has 0 aromatic heterocycles. The first-order valence-electron chi connectivity index (χ1n) is 7.30. The van der Waals surface area contributed by atoms with E-state index in [1.54, 1.807) is 0 Å². The van der Waals surface area contributed by atoms with Crippen molar-refractivity contribution in [1.82, 2.24) is 0 Å². The van der Waals surface area contributed by atoms with Crippen molar-refractivity contribution < 1.29 is 9.47 Å². The van der Waals surface area contributed by atoms with Gasteiger partial charge in [0.25, 0.3) is 0 Å². The van der Waals surface area contributed by atoms with E-state index in [9.17, 15) is 0 Å². The highest BCUT2D eigenvalue weighted by atomic mass is 16.7. The van der Waals surface area contributed by atoms with Gasteiger partial charge in [0.2, 0.25) is 0 Å². The SMILES string of the molecule is CCCCC1CCC(/C=C/C2OCCO2)CC1. The van der Waals surface area contributed by atoms with Gasteiger partial charge in [0.15, 0.2) is 6.29 Å². The van der Waals surface area contributed by atoms with Crippen LogP contribution in [-0.2, 0) is 9.47 Å². The molecule has 0 amide bonds. The zero-order chi connectivity index (χ0) is 11.9. The molecule has 2 aliphatic rings. The van der Waals surface area contributed by atoms with Gasteiger partial charge in [-0.25, -0.2) is 0 Å². The molecule has 1 heterocycles. The summed E-state index contributed by atoms with van der Waals surface area (Å²) in [5.41, 5.74) is 0. The lowest BCUT2D eigenvalue weighted by molar-refractivity contribution is -0.00204. The monoisotopic (exact) mass is 238 g/mol. The standard InChI is InChI=1S/C15H26O2/c1-2-3-4-13-5-7-14(8-6-13)9-10-15-16-11-12-17-15/h9-10,13-15H,2-8,11-12H2,1H3/b10-9+. The lowest BCUT2D eigenvalue weighted by Crippen LogP contribution is -2.13. The van der Waals surface area contributed by atoms with E-state index in [0.717, 1.165) is 25.0 Å². The van der Waals surface area contributed by atoms with Crippen LogP contribution in [0.25, 0.3) is 0 Å². The minimum atomic E-state index is -0.0622. The number of allylic oxidation sites excluding steroid dienone is 1. The molecule has 0 aromatic rings. The van der Waals surface area contributed by atoms with Gasteiger partial charge in [-0.3, -0.25) is 0 Å². The average molecular weight is 238 g/mol. The predicted octanol–water partition coefficient (Wildman–Crippen LogP) is 3.91. The molecule has 1 aliphatic heterocycles. The van der Waals surface area contributed by atoms with Crippen LogP contribution < -0.4 is 0 Å². The third-order valence-electron chi connectivity index (χ3n) is 4.05. The van der Waals surface area contributed by atoms with E-state index in [2.05, 4.69) is 19.1 Å². The highest BCUT2D eigenvalue weighted by Crippen LogP contribution is 2.32. The molecule has 2 heteroatoms. The molecule has 0 aromatic carbocycles. The maximum atomic E-state index is 5.41. The normalized spacial score (nSPS) is 31.4. The molecule has 2 fully saturated rings. The molecule has 17 heavy (non-hydrogen) atoms. The van der Waals surface area contributed by atoms with Crippen molar-refractivity contribution >= 4 is 0 Å². The molecule has 0 spiro atoms. The second-order valence-corrected chi connectivity index (χ2v) is 5.42. The fourth-order valence-corrected chi connectivity index (χ4v) is 2.90. The Morgan fingerprint density at radius 2 is 1.71 bits per heavy atom. The Morgan fingerprint density at radius 1 is 1.00 bits per heavy atom. The van der Waals surface area contributed by atoms with Gasteiger partial charge in [0.05, 0.1) is 13.2 Å². The second-order valence-electron chi connectivity index (χ2n) is 5.42. The van der Waals surface area contributed by atoms with Gasteiger partial charge in [0.1, 0.15) is 0 Å². The van der Waals surface area contributed by atoms with Gasteiger partial charge in [0, 0.05) is 0 Å². The van der Waals surface area contributed by atoms with Crippen LogP contribution in [0.2, 0.25) is 0 Å². The number of unbranched alkanes of at least 4 members (excludes halogenated alkanes) is 1. The zero-order valence-corrected chi connectivity index (χ0v) is 11.1. The first-order valence-corrected chi connectivity index (χ1v) is 7.30. The molecule has 0 unspecified atom stereocenters. The van der Waals surface area contributed by atoms with E-state index in [-0.39, 0.29) is 6.29 Å². The van der Waals surface area contributed by atoms with E-state index in [1.807, 2.05) is 0 Å². The summed E-state index contributed by atoms with van der Waals surface area (Å²) in [6.07, 6.45) is 14.1. The molecule has 2 nitrogen and oxygen atoms in total. The number of ether oxygens (including phenoxy) is 2. The van der Waals surface area contributed by atoms with Crippen molar-refractivity contribution in [3.63, 3.8) is 0 Å². The number of rotatable bonds is 5. The van der Waals surface area contributed by atoms with Crippen LogP contribution >= 0.6 is 0 Å². The number of hydrogen-bond acceptors (Lipinski definition) is 2. The Bertz CT molecular complexity index is 223. The lowest BCUT2D eigenvalue weighted by atomic mass is 9.80. The molecular formula is C15H26O2. The first-order chi connectivity index (χ1) is 8.38. The Morgan fingerprint density at radius 3 is 2.35 bits per heavy atom. The van der Waals surface area contributed by atoms with Crippen LogP contribution in [0.5, 0.6) is 0 Å². The molecule has 1 saturated carbocycles. The van der Waals surface area contributed by atoms with Gasteiger partial charge in [-0.05, 0) is 43.6 Å². The van der Waals surface area contributed by atoms with E-state index < -0.39 is 0 Å². The van der Waals surface area contributed by atoms with Crippen molar-refractivity contribution in [3.8, 4) is 0 Å². The summed E-state index contributed by atoms with van der Waals surface area (Å²) in [4.78, 5) is 0. The Kier molecular flexibility index (Phi) is 5.53. The molecular weight excluding hydrogens is 212 g/mol. The maximum absolute atomic E-state index is 5.41. The van der Waals surface area contributed by atoms with Crippen molar-refractivity contribution in [2.45, 2.75) is 58.2 Å². The summed E-state index contributed by atoms with van der Waals surface area (Å²) in [5, 5.41) is 0. The van der Waals surface area contributed by atoms with Crippen LogP contribution in [0.15, 0.2) is 12.2 Å². The van der Waals surface area contributed by atoms with Crippen LogP contribution in [0.3, 0.4) is 0 Å². The third kappa shape index (κ3) is 4.44. The van der Waals surface area contributed by atoms with Gasteiger partial charge in [-0.2, -0.15) is 0 Å². The fraction of sp³-hybridized carbons (Fsp3) is 0.867. The summed E-state index contributed by atoms with van der Waals surface area (Å²) in [6.45, 7) is 3.79. The van der Waals surface area contributed by atoms with E-state index in [0.29, 0.717) is 0 Å². The molecule has 1 aliphatic carbocycles.